The highest BCUT2D eigenvalue weighted by molar-refractivity contribution is 14.1. The van der Waals surface area contributed by atoms with Gasteiger partial charge in [-0.05, 0) is 98.9 Å². The average Bonchev–Trinajstić information content (AvgIpc) is 2.56. The standard InChI is InChI=1S/2C10H13IN2O2/c1-10(2,3)15-9(14)13-8-4-5-12-6-7(8)11;1-10(2,3)15-9(14)13-8-6-12-5-4-7(8)11/h4-6H,1-3H3,(H,12,13,14);4-6H,1-3H3,(H,13,14). The molecule has 10 heteroatoms. The number of hydrogen-bond donors (Lipinski definition) is 2. The summed E-state index contributed by atoms with van der Waals surface area (Å²) < 4.78 is 12.0. The average molecular weight is 640 g/mol. The van der Waals surface area contributed by atoms with Crippen LogP contribution in [0.2, 0.25) is 0 Å². The van der Waals surface area contributed by atoms with E-state index >= 15 is 0 Å². The van der Waals surface area contributed by atoms with E-state index < -0.39 is 23.4 Å². The van der Waals surface area contributed by atoms with Crippen LogP contribution in [0.4, 0.5) is 21.0 Å². The van der Waals surface area contributed by atoms with Gasteiger partial charge < -0.3 is 9.47 Å². The molecule has 0 saturated heterocycles. The van der Waals surface area contributed by atoms with Gasteiger partial charge in [-0.2, -0.15) is 0 Å². The number of carbonyl (C=O) groups excluding carboxylic acids is 2. The van der Waals surface area contributed by atoms with Crippen LogP contribution in [-0.4, -0.2) is 33.4 Å². The van der Waals surface area contributed by atoms with E-state index in [0.29, 0.717) is 11.4 Å². The smallest absolute Gasteiger partial charge is 0.412 e. The number of nitrogens with one attached hydrogen (secondary N) is 2. The molecule has 2 amide bonds. The molecule has 0 aliphatic heterocycles. The first-order chi connectivity index (χ1) is 13.8. The van der Waals surface area contributed by atoms with Gasteiger partial charge in [-0.15, -0.1) is 0 Å². The summed E-state index contributed by atoms with van der Waals surface area (Å²) in [4.78, 5) is 30.7. The van der Waals surface area contributed by atoms with Crippen LogP contribution in [-0.2, 0) is 9.47 Å². The topological polar surface area (TPSA) is 102 Å². The number of nitrogens with zero attached hydrogens (tertiary/aromatic N) is 2. The van der Waals surface area contributed by atoms with Gasteiger partial charge in [-0.25, -0.2) is 9.59 Å². The molecule has 0 aromatic carbocycles. The van der Waals surface area contributed by atoms with Gasteiger partial charge >= 0.3 is 12.2 Å². The number of carbonyl (C=O) groups is 2. The Balaban J connectivity index is 0.000000300. The maximum absolute atomic E-state index is 11.4. The third-order valence-electron chi connectivity index (χ3n) is 2.81. The maximum Gasteiger partial charge on any atom is 0.412 e. The SMILES string of the molecule is CC(C)(C)OC(=O)Nc1ccncc1I.CC(C)(C)OC(=O)Nc1cnccc1I. The summed E-state index contributed by atoms with van der Waals surface area (Å²) in [6.45, 7) is 10.9. The van der Waals surface area contributed by atoms with Gasteiger partial charge in [0.15, 0.2) is 0 Å². The molecular formula is C20H26I2N4O4. The van der Waals surface area contributed by atoms with Gasteiger partial charge in [-0.1, -0.05) is 0 Å². The van der Waals surface area contributed by atoms with E-state index in [0.717, 1.165) is 7.14 Å². The van der Waals surface area contributed by atoms with Crippen LogP contribution in [0.1, 0.15) is 41.5 Å². The highest BCUT2D eigenvalue weighted by Crippen LogP contribution is 2.18. The summed E-state index contributed by atoms with van der Waals surface area (Å²) in [6.07, 6.45) is 5.63. The quantitative estimate of drug-likeness (QED) is 0.387. The molecular weight excluding hydrogens is 614 g/mol. The summed E-state index contributed by atoms with van der Waals surface area (Å²) in [5, 5.41) is 5.29. The Hall–Kier alpha value is -1.70. The van der Waals surface area contributed by atoms with Crippen LogP contribution in [0, 0.1) is 7.14 Å². The fourth-order valence-corrected chi connectivity index (χ4v) is 2.68. The number of aromatic nitrogens is 2. The lowest BCUT2D eigenvalue weighted by Crippen LogP contribution is -2.27. The van der Waals surface area contributed by atoms with Crippen molar-refractivity contribution in [1.29, 1.82) is 0 Å². The van der Waals surface area contributed by atoms with Crippen LogP contribution in [0.3, 0.4) is 0 Å². The number of ether oxygens (including phenoxy) is 2. The molecule has 0 spiro atoms. The summed E-state index contributed by atoms with van der Waals surface area (Å²) >= 11 is 4.22. The van der Waals surface area contributed by atoms with E-state index in [1.54, 1.807) is 30.9 Å². The molecule has 0 atom stereocenters. The van der Waals surface area contributed by atoms with Crippen molar-refractivity contribution in [2.45, 2.75) is 52.7 Å². The Labute approximate surface area is 204 Å². The first kappa shape index (κ1) is 26.3. The Morgan fingerprint density at radius 3 is 1.70 bits per heavy atom. The van der Waals surface area contributed by atoms with Crippen LogP contribution in [0.5, 0.6) is 0 Å². The summed E-state index contributed by atoms with van der Waals surface area (Å²) in [6, 6.07) is 3.54. The molecule has 2 N–H and O–H groups in total. The molecule has 0 radical (unpaired) electrons. The van der Waals surface area contributed by atoms with Crippen molar-refractivity contribution < 1.29 is 19.1 Å². The lowest BCUT2D eigenvalue weighted by atomic mass is 10.2. The Morgan fingerprint density at radius 2 is 1.23 bits per heavy atom. The van der Waals surface area contributed by atoms with Gasteiger partial charge in [0, 0.05) is 22.2 Å². The predicted molar refractivity (Wildman–Crippen MR) is 134 cm³/mol. The van der Waals surface area contributed by atoms with Crippen LogP contribution >= 0.6 is 45.2 Å². The van der Waals surface area contributed by atoms with Crippen molar-refractivity contribution in [3.05, 3.63) is 44.1 Å². The Morgan fingerprint density at radius 1 is 0.767 bits per heavy atom. The molecule has 0 aliphatic rings. The van der Waals surface area contributed by atoms with Crippen molar-refractivity contribution in [3.63, 3.8) is 0 Å². The molecule has 0 bridgehead atoms. The molecule has 0 fully saturated rings. The van der Waals surface area contributed by atoms with E-state index in [1.165, 1.54) is 0 Å². The minimum atomic E-state index is -0.488. The third-order valence-corrected chi connectivity index (χ3v) is 4.61. The summed E-state index contributed by atoms with van der Waals surface area (Å²) in [5.74, 6) is 0. The molecule has 8 nitrogen and oxygen atoms in total. The van der Waals surface area contributed by atoms with Crippen molar-refractivity contribution in [3.8, 4) is 0 Å². The molecule has 2 rings (SSSR count). The minimum absolute atomic E-state index is 0.452. The zero-order valence-corrected chi connectivity index (χ0v) is 22.1. The molecule has 0 saturated carbocycles. The maximum atomic E-state index is 11.4. The third kappa shape index (κ3) is 11.5. The summed E-state index contributed by atoms with van der Waals surface area (Å²) in [7, 11) is 0. The normalized spacial score (nSPS) is 10.9. The van der Waals surface area contributed by atoms with E-state index in [-0.39, 0.29) is 0 Å². The molecule has 2 aromatic heterocycles. The minimum Gasteiger partial charge on any atom is -0.444 e. The molecule has 2 aromatic rings. The Bertz CT molecular complexity index is 793. The fraction of sp³-hybridized carbons (Fsp3) is 0.400. The first-order valence-electron chi connectivity index (χ1n) is 8.96. The van der Waals surface area contributed by atoms with Crippen LogP contribution in [0.25, 0.3) is 0 Å². The van der Waals surface area contributed by atoms with Crippen molar-refractivity contribution >= 4 is 68.7 Å². The molecule has 30 heavy (non-hydrogen) atoms. The fourth-order valence-electron chi connectivity index (χ4n) is 1.77. The number of halogens is 2. The number of pyridine rings is 2. The van der Waals surface area contributed by atoms with E-state index in [4.69, 9.17) is 9.47 Å². The summed E-state index contributed by atoms with van der Waals surface area (Å²) in [5.41, 5.74) is 0.396. The lowest BCUT2D eigenvalue weighted by molar-refractivity contribution is 0.0624. The number of hydrogen-bond acceptors (Lipinski definition) is 6. The molecule has 2 heterocycles. The van der Waals surface area contributed by atoms with E-state index in [2.05, 4.69) is 65.8 Å². The largest absolute Gasteiger partial charge is 0.444 e. The second-order valence-electron chi connectivity index (χ2n) is 7.96. The monoisotopic (exact) mass is 640 g/mol. The van der Waals surface area contributed by atoms with E-state index in [1.807, 2.05) is 47.6 Å². The predicted octanol–water partition coefficient (Wildman–Crippen LogP) is 6.07. The molecule has 0 aliphatic carbocycles. The highest BCUT2D eigenvalue weighted by Gasteiger charge is 2.17. The second kappa shape index (κ2) is 11.6. The number of rotatable bonds is 2. The van der Waals surface area contributed by atoms with Crippen molar-refractivity contribution in [2.24, 2.45) is 0 Å². The lowest BCUT2D eigenvalue weighted by Gasteiger charge is -2.19. The zero-order chi connectivity index (χ0) is 22.9. The van der Waals surface area contributed by atoms with Gasteiger partial charge in [0.05, 0.1) is 21.1 Å². The molecule has 164 valence electrons. The second-order valence-corrected chi connectivity index (χ2v) is 10.3. The molecule has 0 unspecified atom stereocenters. The first-order valence-corrected chi connectivity index (χ1v) is 11.1. The van der Waals surface area contributed by atoms with Crippen molar-refractivity contribution in [2.75, 3.05) is 10.6 Å². The van der Waals surface area contributed by atoms with Gasteiger partial charge in [0.1, 0.15) is 11.2 Å². The van der Waals surface area contributed by atoms with Gasteiger partial charge in [-0.3, -0.25) is 20.6 Å². The Kier molecular flexibility index (Phi) is 10.2. The van der Waals surface area contributed by atoms with Crippen LogP contribution < -0.4 is 10.6 Å². The van der Waals surface area contributed by atoms with Gasteiger partial charge in [0.2, 0.25) is 0 Å². The van der Waals surface area contributed by atoms with Crippen molar-refractivity contribution in [1.82, 2.24) is 9.97 Å². The van der Waals surface area contributed by atoms with Crippen LogP contribution in [0.15, 0.2) is 36.9 Å². The number of anilines is 2. The van der Waals surface area contributed by atoms with E-state index in [9.17, 15) is 9.59 Å². The zero-order valence-electron chi connectivity index (χ0n) is 17.7. The van der Waals surface area contributed by atoms with Gasteiger partial charge in [0.25, 0.3) is 0 Å². The highest BCUT2D eigenvalue weighted by atomic mass is 127. The number of amides is 2.